The van der Waals surface area contributed by atoms with Crippen LogP contribution < -0.4 is 26.2 Å². The maximum absolute atomic E-state index is 12.3. The van der Waals surface area contributed by atoms with Crippen molar-refractivity contribution in [1.82, 2.24) is 24.4 Å². The molecule has 0 unspecified atom stereocenters. The van der Waals surface area contributed by atoms with Gasteiger partial charge in [0, 0.05) is 49.7 Å². The van der Waals surface area contributed by atoms with Crippen LogP contribution in [0.4, 0.5) is 11.5 Å². The van der Waals surface area contributed by atoms with Crippen molar-refractivity contribution in [2.45, 2.75) is 31.8 Å². The predicted octanol–water partition coefficient (Wildman–Crippen LogP) is 4.58. The first-order valence-electron chi connectivity index (χ1n) is 15.8. The first-order chi connectivity index (χ1) is 22.5. The molecule has 3 aromatic carbocycles. The first kappa shape index (κ1) is 28.1. The molecule has 8 rings (SSSR count). The molecule has 1 fully saturated rings. The zero-order chi connectivity index (χ0) is 31.2. The molecular formula is C36H33N7O3. The van der Waals surface area contributed by atoms with Crippen LogP contribution in [0.1, 0.15) is 24.8 Å². The normalized spacial score (nSPS) is 16.0. The molecule has 2 N–H and O–H groups in total. The summed E-state index contributed by atoms with van der Waals surface area (Å²) >= 11 is 0. The van der Waals surface area contributed by atoms with Crippen LogP contribution in [0, 0.1) is 0 Å². The fourth-order valence-electron chi connectivity index (χ4n) is 6.80. The molecule has 1 saturated heterocycles. The van der Waals surface area contributed by atoms with E-state index in [1.54, 1.807) is 6.20 Å². The van der Waals surface area contributed by atoms with E-state index in [0.717, 1.165) is 79.1 Å². The molecule has 2 aliphatic rings. The third-order valence-corrected chi connectivity index (χ3v) is 9.17. The lowest BCUT2D eigenvalue weighted by molar-refractivity contribution is 0.201. The van der Waals surface area contributed by atoms with Crippen LogP contribution in [-0.2, 0) is 6.54 Å². The van der Waals surface area contributed by atoms with E-state index in [4.69, 9.17) is 20.4 Å². The number of ether oxygens (including phenoxy) is 1. The van der Waals surface area contributed by atoms with Crippen molar-refractivity contribution in [2.24, 2.45) is 0 Å². The molecule has 46 heavy (non-hydrogen) atoms. The van der Waals surface area contributed by atoms with Gasteiger partial charge < -0.3 is 15.4 Å². The lowest BCUT2D eigenvalue weighted by Gasteiger charge is -2.39. The van der Waals surface area contributed by atoms with E-state index in [2.05, 4.69) is 55.7 Å². The fourth-order valence-corrected chi connectivity index (χ4v) is 6.80. The highest BCUT2D eigenvalue weighted by Gasteiger charge is 2.34. The van der Waals surface area contributed by atoms with E-state index in [9.17, 15) is 9.59 Å². The minimum atomic E-state index is -0.477. The summed E-state index contributed by atoms with van der Waals surface area (Å²) in [5, 5.41) is 0. The van der Waals surface area contributed by atoms with Gasteiger partial charge in [0.15, 0.2) is 17.2 Å². The molecule has 2 aliphatic heterocycles. The highest BCUT2D eigenvalue weighted by molar-refractivity contribution is 5.84. The monoisotopic (exact) mass is 611 g/mol. The summed E-state index contributed by atoms with van der Waals surface area (Å²) in [5.74, 6) is 1.38. The molecular weight excluding hydrogens is 578 g/mol. The first-order valence-corrected chi connectivity index (χ1v) is 15.8. The second-order valence-corrected chi connectivity index (χ2v) is 12.0. The average molecular weight is 612 g/mol. The van der Waals surface area contributed by atoms with E-state index in [1.807, 2.05) is 42.5 Å². The molecule has 0 bridgehead atoms. The quantitative estimate of drug-likeness (QED) is 0.270. The van der Waals surface area contributed by atoms with Crippen molar-refractivity contribution in [1.29, 1.82) is 0 Å². The number of piperidine rings is 1. The Morgan fingerprint density at radius 1 is 0.848 bits per heavy atom. The molecule has 6 aromatic rings. The Labute approximate surface area is 265 Å². The number of hydrogen-bond acceptors (Lipinski definition) is 9. The largest absolute Gasteiger partial charge is 0.487 e. The summed E-state index contributed by atoms with van der Waals surface area (Å²) in [4.78, 5) is 43.3. The van der Waals surface area contributed by atoms with Gasteiger partial charge in [-0.25, -0.2) is 15.0 Å². The lowest BCUT2D eigenvalue weighted by atomic mass is 10.00. The van der Waals surface area contributed by atoms with Crippen LogP contribution in [0.2, 0.25) is 0 Å². The van der Waals surface area contributed by atoms with Gasteiger partial charge in [-0.05, 0) is 61.2 Å². The number of nitrogen functional groups attached to an aromatic ring is 1. The van der Waals surface area contributed by atoms with E-state index >= 15 is 0 Å². The van der Waals surface area contributed by atoms with Crippen molar-refractivity contribution in [3.8, 4) is 34.1 Å². The van der Waals surface area contributed by atoms with Crippen LogP contribution in [0.3, 0.4) is 0 Å². The summed E-state index contributed by atoms with van der Waals surface area (Å²) in [6.45, 7) is 3.89. The number of fused-ring (bicyclic) bond motifs is 2. The standard InChI is InChI=1S/C36H33N7O3/c37-34-27(8-4-17-38-34)35-40-29-14-13-28(24-6-2-1-3-7-24)39-36(29)43(35)26-11-9-23(10-12-26)22-41-19-15-25(16-20-41)42-18-5-21-46-33-30(42)31(44)32(33)45/h1-4,6-14,17,25H,5,15-16,18-22H2,(H2,37,38). The predicted molar refractivity (Wildman–Crippen MR) is 179 cm³/mol. The third-order valence-electron chi connectivity index (χ3n) is 9.17. The Bertz CT molecular complexity index is 2110. The zero-order valence-electron chi connectivity index (χ0n) is 25.3. The Kier molecular flexibility index (Phi) is 7.06. The number of benzene rings is 2. The van der Waals surface area contributed by atoms with Crippen molar-refractivity contribution in [3.63, 3.8) is 0 Å². The smallest absolute Gasteiger partial charge is 0.272 e. The number of nitrogens with two attached hydrogens (primary N) is 1. The molecule has 230 valence electrons. The SMILES string of the molecule is Nc1ncccc1-c1nc2ccc(-c3ccccc3)nc2n1-c1ccc(CN2CCC(N3CCCOc4c3c(=O)c4=O)CC2)cc1. The van der Waals surface area contributed by atoms with Crippen LogP contribution >= 0.6 is 0 Å². The summed E-state index contributed by atoms with van der Waals surface area (Å²) in [5.41, 5.74) is 12.3. The van der Waals surface area contributed by atoms with Gasteiger partial charge in [-0.3, -0.25) is 19.1 Å². The number of hydrogen-bond donors (Lipinski definition) is 1. The topological polar surface area (TPSA) is 119 Å². The van der Waals surface area contributed by atoms with Gasteiger partial charge in [0.1, 0.15) is 17.0 Å². The van der Waals surface area contributed by atoms with E-state index in [0.29, 0.717) is 23.9 Å². The molecule has 0 amide bonds. The lowest BCUT2D eigenvalue weighted by Crippen LogP contribution is -2.49. The summed E-state index contributed by atoms with van der Waals surface area (Å²) < 4.78 is 7.63. The number of likely N-dealkylation sites (tertiary alicyclic amines) is 1. The Morgan fingerprint density at radius 2 is 1.65 bits per heavy atom. The van der Waals surface area contributed by atoms with Crippen LogP contribution in [0.15, 0.2) is 94.6 Å². The minimum absolute atomic E-state index is 0.239. The van der Waals surface area contributed by atoms with E-state index < -0.39 is 10.9 Å². The van der Waals surface area contributed by atoms with Gasteiger partial charge in [0.2, 0.25) is 0 Å². The maximum Gasteiger partial charge on any atom is 0.272 e. The molecule has 5 heterocycles. The zero-order valence-corrected chi connectivity index (χ0v) is 25.3. The number of anilines is 2. The minimum Gasteiger partial charge on any atom is -0.487 e. The summed E-state index contributed by atoms with van der Waals surface area (Å²) in [6, 6.07) is 26.7. The second kappa shape index (κ2) is 11.5. The van der Waals surface area contributed by atoms with Gasteiger partial charge in [-0.1, -0.05) is 42.5 Å². The summed E-state index contributed by atoms with van der Waals surface area (Å²) in [7, 11) is 0. The van der Waals surface area contributed by atoms with E-state index in [1.165, 1.54) is 5.56 Å². The van der Waals surface area contributed by atoms with Gasteiger partial charge >= 0.3 is 0 Å². The van der Waals surface area contributed by atoms with E-state index in [-0.39, 0.29) is 11.8 Å². The Balaban J connectivity index is 1.05. The number of pyridine rings is 2. The van der Waals surface area contributed by atoms with Crippen LogP contribution in [-0.4, -0.2) is 56.7 Å². The van der Waals surface area contributed by atoms with Crippen LogP contribution in [0.25, 0.3) is 39.5 Å². The fraction of sp³-hybridized carbons (Fsp3) is 0.250. The van der Waals surface area contributed by atoms with Crippen molar-refractivity contribution in [2.75, 3.05) is 36.9 Å². The third kappa shape index (κ3) is 4.91. The molecule has 0 radical (unpaired) electrons. The highest BCUT2D eigenvalue weighted by Crippen LogP contribution is 2.33. The average Bonchev–Trinajstić information content (AvgIpc) is 3.35. The van der Waals surface area contributed by atoms with Crippen LogP contribution in [0.5, 0.6) is 5.75 Å². The molecule has 10 nitrogen and oxygen atoms in total. The van der Waals surface area contributed by atoms with Crippen molar-refractivity contribution < 1.29 is 4.74 Å². The van der Waals surface area contributed by atoms with Gasteiger partial charge in [-0.15, -0.1) is 0 Å². The molecule has 0 saturated carbocycles. The second-order valence-electron chi connectivity index (χ2n) is 12.0. The number of rotatable bonds is 6. The van der Waals surface area contributed by atoms with Crippen molar-refractivity contribution >= 4 is 22.7 Å². The number of imidazole rings is 1. The van der Waals surface area contributed by atoms with Gasteiger partial charge in [0.05, 0.1) is 17.9 Å². The van der Waals surface area contributed by atoms with Crippen molar-refractivity contribution in [3.05, 3.63) is 111 Å². The highest BCUT2D eigenvalue weighted by atomic mass is 16.5. The Morgan fingerprint density at radius 3 is 2.43 bits per heavy atom. The van der Waals surface area contributed by atoms with Gasteiger partial charge in [-0.2, -0.15) is 0 Å². The molecule has 3 aromatic heterocycles. The molecule has 10 heteroatoms. The Hall–Kier alpha value is -5.35. The van der Waals surface area contributed by atoms with Gasteiger partial charge in [0.25, 0.3) is 10.9 Å². The summed E-state index contributed by atoms with van der Waals surface area (Å²) in [6.07, 6.45) is 4.36. The number of aromatic nitrogens is 4. The molecule has 0 aliphatic carbocycles. The number of nitrogens with zero attached hydrogens (tertiary/aromatic N) is 6. The molecule has 0 spiro atoms. The maximum atomic E-state index is 12.3. The molecule has 0 atom stereocenters.